The van der Waals surface area contributed by atoms with Crippen molar-refractivity contribution in [3.8, 4) is 22.9 Å². The molecule has 8 nitrogen and oxygen atoms in total. The highest BCUT2D eigenvalue weighted by Crippen LogP contribution is 2.39. The molecule has 3 aromatic carbocycles. The van der Waals surface area contributed by atoms with E-state index in [1.54, 1.807) is 23.1 Å². The molecule has 0 saturated carbocycles. The number of aromatic hydroxyl groups is 1. The number of ether oxygens (including phenoxy) is 1. The second-order valence-electron chi connectivity index (χ2n) is 8.99. The lowest BCUT2D eigenvalue weighted by atomic mass is 9.94. The Balaban J connectivity index is 1.56. The molecule has 1 aliphatic heterocycles. The topological polar surface area (TPSA) is 101 Å². The number of phenols is 1. The fourth-order valence-corrected chi connectivity index (χ4v) is 4.50. The van der Waals surface area contributed by atoms with Crippen molar-refractivity contribution < 1.29 is 19.2 Å². The summed E-state index contributed by atoms with van der Waals surface area (Å²) in [4.78, 5) is 19.7. The maximum Gasteiger partial charge on any atom is 0.322 e. The minimum Gasteiger partial charge on any atom is -0.504 e. The normalized spacial score (nSPS) is 15.6. The molecule has 5 rings (SSSR count). The van der Waals surface area contributed by atoms with Crippen LogP contribution in [0.1, 0.15) is 35.5 Å². The number of carbonyl (C=O) groups is 1. The first kappa shape index (κ1) is 24.1. The highest BCUT2D eigenvalue weighted by molar-refractivity contribution is 5.87. The third kappa shape index (κ3) is 4.91. The minimum absolute atomic E-state index is 0.0244. The van der Waals surface area contributed by atoms with Gasteiger partial charge >= 0.3 is 6.03 Å². The van der Waals surface area contributed by atoms with E-state index in [-0.39, 0.29) is 11.8 Å². The molecule has 1 atom stereocenters. The van der Waals surface area contributed by atoms with Gasteiger partial charge in [0, 0.05) is 17.8 Å². The van der Waals surface area contributed by atoms with Crippen LogP contribution in [0.25, 0.3) is 17.0 Å². The number of carbonyl (C=O) groups excluding carboxylic acids is 1. The summed E-state index contributed by atoms with van der Waals surface area (Å²) in [6.07, 6.45) is 0.686. The predicted molar refractivity (Wildman–Crippen MR) is 140 cm³/mol. The quantitative estimate of drug-likeness (QED) is 0.350. The number of aromatic nitrogens is 2. The van der Waals surface area contributed by atoms with Gasteiger partial charge in [-0.2, -0.15) is 4.98 Å². The molecular weight excluding hydrogens is 468 g/mol. The molecule has 0 saturated heterocycles. The highest BCUT2D eigenvalue weighted by atomic mass is 16.5. The molecule has 188 valence electrons. The van der Waals surface area contributed by atoms with Crippen molar-refractivity contribution in [1.82, 2.24) is 20.4 Å². The van der Waals surface area contributed by atoms with Gasteiger partial charge in [-0.25, -0.2) is 4.79 Å². The molecule has 0 fully saturated rings. The number of rotatable bonds is 7. The summed E-state index contributed by atoms with van der Waals surface area (Å²) in [5.74, 6) is 1.08. The SMILES string of the molecule is COc1ccc(C2NC(=O)N(CCc3ccccc3)C(C)=C2c2nc(-c3ccc(C)cc3)no2)cc1O. The molecule has 0 bridgehead atoms. The Kier molecular flexibility index (Phi) is 6.64. The van der Waals surface area contributed by atoms with E-state index >= 15 is 0 Å². The van der Waals surface area contributed by atoms with Crippen molar-refractivity contribution in [2.24, 2.45) is 0 Å². The Bertz CT molecular complexity index is 1440. The number of phenolic OH excluding ortho intramolecular Hbond substituents is 1. The Morgan fingerprint density at radius 3 is 2.51 bits per heavy atom. The van der Waals surface area contributed by atoms with Crippen molar-refractivity contribution in [2.45, 2.75) is 26.3 Å². The van der Waals surface area contributed by atoms with E-state index in [0.717, 1.165) is 16.7 Å². The average molecular weight is 497 g/mol. The number of benzene rings is 3. The molecule has 2 N–H and O–H groups in total. The monoisotopic (exact) mass is 496 g/mol. The van der Waals surface area contributed by atoms with Crippen LogP contribution in [0, 0.1) is 6.92 Å². The van der Waals surface area contributed by atoms with Gasteiger partial charge < -0.3 is 19.7 Å². The first-order chi connectivity index (χ1) is 17.9. The lowest BCUT2D eigenvalue weighted by Crippen LogP contribution is -2.46. The number of nitrogens with one attached hydrogen (secondary N) is 1. The largest absolute Gasteiger partial charge is 0.504 e. The number of hydrogen-bond donors (Lipinski definition) is 2. The van der Waals surface area contributed by atoms with Crippen molar-refractivity contribution >= 4 is 11.6 Å². The van der Waals surface area contributed by atoms with Gasteiger partial charge in [0.15, 0.2) is 11.5 Å². The van der Waals surface area contributed by atoms with Gasteiger partial charge in [-0.05, 0) is 43.5 Å². The highest BCUT2D eigenvalue weighted by Gasteiger charge is 2.36. The number of urea groups is 1. The Morgan fingerprint density at radius 1 is 1.05 bits per heavy atom. The van der Waals surface area contributed by atoms with Crippen LogP contribution in [0.5, 0.6) is 11.5 Å². The number of methoxy groups -OCH3 is 1. The maximum atomic E-state index is 13.3. The molecule has 1 unspecified atom stereocenters. The zero-order valence-corrected chi connectivity index (χ0v) is 20.9. The zero-order valence-electron chi connectivity index (χ0n) is 20.9. The number of nitrogens with zero attached hydrogens (tertiary/aromatic N) is 3. The number of aryl methyl sites for hydroxylation is 1. The molecule has 8 heteroatoms. The number of allylic oxidation sites excluding steroid dienone is 1. The van der Waals surface area contributed by atoms with Crippen LogP contribution in [0.4, 0.5) is 4.79 Å². The second kappa shape index (κ2) is 10.2. The van der Waals surface area contributed by atoms with E-state index in [1.165, 1.54) is 7.11 Å². The molecule has 0 aliphatic carbocycles. The first-order valence-corrected chi connectivity index (χ1v) is 12.1. The van der Waals surface area contributed by atoms with E-state index < -0.39 is 6.04 Å². The van der Waals surface area contributed by atoms with Crippen LogP contribution in [-0.2, 0) is 6.42 Å². The third-order valence-electron chi connectivity index (χ3n) is 6.57. The molecule has 0 spiro atoms. The van der Waals surface area contributed by atoms with E-state index in [2.05, 4.69) is 10.5 Å². The molecule has 1 aromatic heterocycles. The number of hydrogen-bond acceptors (Lipinski definition) is 6. The summed E-state index contributed by atoms with van der Waals surface area (Å²) < 4.78 is 10.9. The fraction of sp³-hybridized carbons (Fsp3) is 0.207. The summed E-state index contributed by atoms with van der Waals surface area (Å²) >= 11 is 0. The Morgan fingerprint density at radius 2 is 1.81 bits per heavy atom. The van der Waals surface area contributed by atoms with Crippen LogP contribution in [-0.4, -0.2) is 39.8 Å². The van der Waals surface area contributed by atoms with Gasteiger partial charge in [-0.15, -0.1) is 0 Å². The Labute approximate surface area is 215 Å². The van der Waals surface area contributed by atoms with Crippen molar-refractivity contribution in [3.63, 3.8) is 0 Å². The molecule has 0 radical (unpaired) electrons. The molecule has 37 heavy (non-hydrogen) atoms. The number of amides is 2. The lowest BCUT2D eigenvalue weighted by molar-refractivity contribution is 0.205. The molecule has 2 amide bonds. The molecule has 1 aliphatic rings. The standard InChI is InChI=1S/C29H28N4O4/c1-18-9-11-21(12-10-18)27-31-28(37-32-27)25-19(2)33(16-15-20-7-5-4-6-8-20)29(35)30-26(25)22-13-14-24(36-3)23(34)17-22/h4-14,17,26,34H,15-16H2,1-3H3,(H,30,35). The minimum atomic E-state index is -0.608. The second-order valence-corrected chi connectivity index (χ2v) is 8.99. The van der Waals surface area contributed by atoms with Crippen LogP contribution in [0.2, 0.25) is 0 Å². The van der Waals surface area contributed by atoms with Crippen LogP contribution in [0.3, 0.4) is 0 Å². The lowest BCUT2D eigenvalue weighted by Gasteiger charge is -2.35. The molecular formula is C29H28N4O4. The van der Waals surface area contributed by atoms with Crippen molar-refractivity contribution in [1.29, 1.82) is 0 Å². The molecule has 4 aromatic rings. The van der Waals surface area contributed by atoms with Crippen molar-refractivity contribution in [3.05, 3.63) is 101 Å². The average Bonchev–Trinajstić information content (AvgIpc) is 3.39. The van der Waals surface area contributed by atoms with Gasteiger partial charge in [0.05, 0.1) is 18.7 Å². The summed E-state index contributed by atoms with van der Waals surface area (Å²) in [5.41, 5.74) is 5.14. The van der Waals surface area contributed by atoms with Gasteiger partial charge in [-0.3, -0.25) is 4.90 Å². The van der Waals surface area contributed by atoms with E-state index in [0.29, 0.717) is 47.3 Å². The first-order valence-electron chi connectivity index (χ1n) is 12.1. The smallest absolute Gasteiger partial charge is 0.322 e. The van der Waals surface area contributed by atoms with Gasteiger partial charge in [0.1, 0.15) is 0 Å². The van der Waals surface area contributed by atoms with E-state index in [9.17, 15) is 9.90 Å². The van der Waals surface area contributed by atoms with E-state index in [4.69, 9.17) is 14.2 Å². The summed E-state index contributed by atoms with van der Waals surface area (Å²) in [5, 5.41) is 17.7. The zero-order chi connectivity index (χ0) is 25.9. The predicted octanol–water partition coefficient (Wildman–Crippen LogP) is 5.50. The van der Waals surface area contributed by atoms with Crippen LogP contribution in [0.15, 0.2) is 83.0 Å². The summed E-state index contributed by atoms with van der Waals surface area (Å²) in [6, 6.07) is 22.1. The van der Waals surface area contributed by atoms with Crippen molar-refractivity contribution in [2.75, 3.05) is 13.7 Å². The maximum absolute atomic E-state index is 13.3. The van der Waals surface area contributed by atoms with Crippen LogP contribution >= 0.6 is 0 Å². The van der Waals surface area contributed by atoms with Gasteiger partial charge in [-0.1, -0.05) is 71.4 Å². The summed E-state index contributed by atoms with van der Waals surface area (Å²) in [6.45, 7) is 4.37. The van der Waals surface area contributed by atoms with Gasteiger partial charge in [0.2, 0.25) is 5.82 Å². The summed E-state index contributed by atoms with van der Waals surface area (Å²) in [7, 11) is 1.49. The molecule has 2 heterocycles. The van der Waals surface area contributed by atoms with E-state index in [1.807, 2.05) is 68.4 Å². The fourth-order valence-electron chi connectivity index (χ4n) is 4.50. The Hall–Kier alpha value is -4.59. The van der Waals surface area contributed by atoms with Gasteiger partial charge in [0.25, 0.3) is 5.89 Å². The van der Waals surface area contributed by atoms with Crippen LogP contribution < -0.4 is 10.1 Å². The third-order valence-corrected chi connectivity index (χ3v) is 6.57.